The van der Waals surface area contributed by atoms with Crippen LogP contribution in [0.4, 0.5) is 5.69 Å². The summed E-state index contributed by atoms with van der Waals surface area (Å²) in [6.07, 6.45) is 0.943. The number of ether oxygens (including phenoxy) is 2. The molecule has 0 aliphatic rings. The molecule has 0 unspecified atom stereocenters. The van der Waals surface area contributed by atoms with Crippen molar-refractivity contribution in [1.29, 1.82) is 0 Å². The van der Waals surface area contributed by atoms with Gasteiger partial charge in [-0.15, -0.1) is 0 Å². The number of fused-ring (bicyclic) bond motifs is 1. The fraction of sp³-hybridized carbons (Fsp3) is 0.188. The largest absolute Gasteiger partial charge is 0.490 e. The lowest BCUT2D eigenvalue weighted by molar-refractivity contribution is 0.299. The molecule has 0 radical (unpaired) electrons. The molecule has 5 heteroatoms. The number of aromatic amines is 1. The molecule has 0 saturated heterocycles. The number of aromatic nitrogens is 2. The van der Waals surface area contributed by atoms with Gasteiger partial charge < -0.3 is 20.2 Å². The first-order valence-electron chi connectivity index (χ1n) is 6.91. The van der Waals surface area contributed by atoms with E-state index < -0.39 is 0 Å². The van der Waals surface area contributed by atoms with Gasteiger partial charge in [0.25, 0.3) is 6.01 Å². The van der Waals surface area contributed by atoms with Crippen LogP contribution in [-0.4, -0.2) is 16.6 Å². The van der Waals surface area contributed by atoms with Gasteiger partial charge in [0.1, 0.15) is 0 Å². The van der Waals surface area contributed by atoms with Crippen molar-refractivity contribution in [1.82, 2.24) is 9.97 Å². The molecule has 0 atom stereocenters. The Morgan fingerprint density at radius 1 is 1.14 bits per heavy atom. The number of nitrogens with two attached hydrogens (primary N) is 1. The topological polar surface area (TPSA) is 73.2 Å². The number of rotatable bonds is 5. The van der Waals surface area contributed by atoms with Gasteiger partial charge in [-0.3, -0.25) is 0 Å². The normalized spacial score (nSPS) is 10.7. The molecule has 108 valence electrons. The fourth-order valence-corrected chi connectivity index (χ4v) is 2.02. The predicted molar refractivity (Wildman–Crippen MR) is 82.8 cm³/mol. The maximum absolute atomic E-state index is 5.80. The van der Waals surface area contributed by atoms with E-state index >= 15 is 0 Å². The standard InChI is InChI=1S/C16H17N3O2/c1-2-9-20-14-5-3-4-6-15(14)21-16-18-12-8-7-11(17)10-13(12)19-16/h3-8,10H,2,9,17H2,1H3,(H,18,19). The summed E-state index contributed by atoms with van der Waals surface area (Å²) in [4.78, 5) is 7.48. The van der Waals surface area contributed by atoms with Crippen molar-refractivity contribution in [3.05, 3.63) is 42.5 Å². The Bertz CT molecular complexity index is 752. The number of hydrogen-bond acceptors (Lipinski definition) is 4. The molecule has 1 heterocycles. The van der Waals surface area contributed by atoms with Crippen LogP contribution >= 0.6 is 0 Å². The van der Waals surface area contributed by atoms with Gasteiger partial charge in [0, 0.05) is 5.69 Å². The second kappa shape index (κ2) is 5.75. The second-order valence-corrected chi connectivity index (χ2v) is 4.72. The zero-order valence-corrected chi connectivity index (χ0v) is 11.8. The highest BCUT2D eigenvalue weighted by atomic mass is 16.5. The van der Waals surface area contributed by atoms with Crippen molar-refractivity contribution in [2.45, 2.75) is 13.3 Å². The Morgan fingerprint density at radius 2 is 1.95 bits per heavy atom. The van der Waals surface area contributed by atoms with Crippen LogP contribution in [0.15, 0.2) is 42.5 Å². The number of para-hydroxylation sites is 2. The van der Waals surface area contributed by atoms with Crippen molar-refractivity contribution in [3.8, 4) is 17.5 Å². The Kier molecular flexibility index (Phi) is 3.64. The summed E-state index contributed by atoms with van der Waals surface area (Å²) in [7, 11) is 0. The molecule has 21 heavy (non-hydrogen) atoms. The van der Waals surface area contributed by atoms with E-state index in [0.29, 0.717) is 29.8 Å². The molecule has 0 fully saturated rings. The van der Waals surface area contributed by atoms with Gasteiger partial charge in [-0.1, -0.05) is 19.1 Å². The number of hydrogen-bond donors (Lipinski definition) is 2. The maximum atomic E-state index is 5.80. The molecule has 3 aromatic rings. The van der Waals surface area contributed by atoms with E-state index in [9.17, 15) is 0 Å². The predicted octanol–water partition coefficient (Wildman–Crippen LogP) is 3.73. The van der Waals surface area contributed by atoms with Gasteiger partial charge >= 0.3 is 0 Å². The molecule has 0 saturated carbocycles. The summed E-state index contributed by atoms with van der Waals surface area (Å²) >= 11 is 0. The first kappa shape index (κ1) is 13.3. The molecule has 0 aliphatic carbocycles. The van der Waals surface area contributed by atoms with Crippen LogP contribution in [0, 0.1) is 0 Å². The van der Waals surface area contributed by atoms with E-state index in [2.05, 4.69) is 16.9 Å². The van der Waals surface area contributed by atoms with Gasteiger partial charge in [0.05, 0.1) is 17.6 Å². The van der Waals surface area contributed by atoms with Crippen LogP contribution in [0.5, 0.6) is 17.5 Å². The molecule has 0 spiro atoms. The molecule has 0 amide bonds. The number of imidazole rings is 1. The van der Waals surface area contributed by atoms with E-state index in [4.69, 9.17) is 15.2 Å². The van der Waals surface area contributed by atoms with Crippen molar-refractivity contribution in [3.63, 3.8) is 0 Å². The van der Waals surface area contributed by atoms with Crippen LogP contribution in [0.2, 0.25) is 0 Å². The van der Waals surface area contributed by atoms with Crippen LogP contribution in [0.3, 0.4) is 0 Å². The number of nitrogens with zero attached hydrogens (tertiary/aromatic N) is 1. The van der Waals surface area contributed by atoms with Crippen molar-refractivity contribution >= 4 is 16.7 Å². The quantitative estimate of drug-likeness (QED) is 0.700. The van der Waals surface area contributed by atoms with Crippen molar-refractivity contribution in [2.24, 2.45) is 0 Å². The Hall–Kier alpha value is -2.69. The van der Waals surface area contributed by atoms with Gasteiger partial charge in [0.15, 0.2) is 11.5 Å². The lowest BCUT2D eigenvalue weighted by Crippen LogP contribution is -1.97. The summed E-state index contributed by atoms with van der Waals surface area (Å²) in [6.45, 7) is 2.71. The van der Waals surface area contributed by atoms with Gasteiger partial charge in [-0.25, -0.2) is 0 Å². The van der Waals surface area contributed by atoms with E-state index in [1.807, 2.05) is 42.5 Å². The van der Waals surface area contributed by atoms with E-state index in [1.165, 1.54) is 0 Å². The summed E-state index contributed by atoms with van der Waals surface area (Å²) < 4.78 is 11.5. The van der Waals surface area contributed by atoms with Crippen molar-refractivity contribution in [2.75, 3.05) is 12.3 Å². The zero-order chi connectivity index (χ0) is 14.7. The zero-order valence-electron chi connectivity index (χ0n) is 11.8. The third kappa shape index (κ3) is 2.91. The Morgan fingerprint density at radius 3 is 2.76 bits per heavy atom. The minimum absolute atomic E-state index is 0.420. The van der Waals surface area contributed by atoms with E-state index in [-0.39, 0.29) is 0 Å². The van der Waals surface area contributed by atoms with E-state index in [1.54, 1.807) is 0 Å². The lowest BCUT2D eigenvalue weighted by Gasteiger charge is -2.09. The number of benzene rings is 2. The fourth-order valence-electron chi connectivity index (χ4n) is 2.02. The number of nitrogens with one attached hydrogen (secondary N) is 1. The SMILES string of the molecule is CCCOc1ccccc1Oc1nc2ccc(N)cc2[nH]1. The highest BCUT2D eigenvalue weighted by Crippen LogP contribution is 2.31. The monoisotopic (exact) mass is 283 g/mol. The summed E-state index contributed by atoms with van der Waals surface area (Å²) in [5.74, 6) is 1.34. The molecule has 0 aliphatic heterocycles. The third-order valence-corrected chi connectivity index (χ3v) is 3.00. The summed E-state index contributed by atoms with van der Waals surface area (Å²) in [6, 6.07) is 13.5. The highest BCUT2D eigenvalue weighted by molar-refractivity contribution is 5.79. The number of nitrogen functional groups attached to an aromatic ring is 1. The van der Waals surface area contributed by atoms with E-state index in [0.717, 1.165) is 17.5 Å². The average Bonchev–Trinajstić information content (AvgIpc) is 2.87. The minimum atomic E-state index is 0.420. The first-order valence-corrected chi connectivity index (χ1v) is 6.91. The summed E-state index contributed by atoms with van der Waals surface area (Å²) in [5, 5.41) is 0. The van der Waals surface area contributed by atoms with Gasteiger partial charge in [-0.05, 0) is 36.8 Å². The molecule has 1 aromatic heterocycles. The number of H-pyrrole nitrogens is 1. The molecule has 2 aromatic carbocycles. The Labute approximate surface area is 122 Å². The van der Waals surface area contributed by atoms with Crippen LogP contribution in [0.1, 0.15) is 13.3 Å². The maximum Gasteiger partial charge on any atom is 0.300 e. The molecular weight excluding hydrogens is 266 g/mol. The van der Waals surface area contributed by atoms with Crippen LogP contribution in [0.25, 0.3) is 11.0 Å². The molecule has 3 N–H and O–H groups in total. The summed E-state index contributed by atoms with van der Waals surface area (Å²) in [5.41, 5.74) is 8.10. The third-order valence-electron chi connectivity index (χ3n) is 3.00. The smallest absolute Gasteiger partial charge is 0.300 e. The van der Waals surface area contributed by atoms with Gasteiger partial charge in [0.2, 0.25) is 0 Å². The second-order valence-electron chi connectivity index (χ2n) is 4.72. The first-order chi connectivity index (χ1) is 10.3. The van der Waals surface area contributed by atoms with Crippen molar-refractivity contribution < 1.29 is 9.47 Å². The molecular formula is C16H17N3O2. The molecule has 5 nitrogen and oxygen atoms in total. The van der Waals surface area contributed by atoms with Gasteiger partial charge in [-0.2, -0.15) is 4.98 Å². The van der Waals surface area contributed by atoms with Crippen LogP contribution < -0.4 is 15.2 Å². The minimum Gasteiger partial charge on any atom is -0.490 e. The molecule has 0 bridgehead atoms. The Balaban J connectivity index is 1.87. The van der Waals surface area contributed by atoms with Crippen LogP contribution in [-0.2, 0) is 0 Å². The average molecular weight is 283 g/mol. The highest BCUT2D eigenvalue weighted by Gasteiger charge is 2.09. The molecule has 3 rings (SSSR count). The number of anilines is 1. The lowest BCUT2D eigenvalue weighted by atomic mass is 10.3.